The Morgan fingerprint density at radius 1 is 1.28 bits per heavy atom. The zero-order valence-corrected chi connectivity index (χ0v) is 10.2. The zero-order valence-electron chi connectivity index (χ0n) is 9.44. The number of hydrogen-bond donors (Lipinski definition) is 1. The first-order valence-electron chi connectivity index (χ1n) is 5.13. The molecule has 0 atom stereocenters. The van der Waals surface area contributed by atoms with Gasteiger partial charge in [0.25, 0.3) is 0 Å². The van der Waals surface area contributed by atoms with Gasteiger partial charge in [-0.25, -0.2) is 4.79 Å². The fraction of sp³-hybridized carbons (Fsp3) is 0.0769. The molecule has 0 bridgehead atoms. The summed E-state index contributed by atoms with van der Waals surface area (Å²) in [7, 11) is 0. The number of aromatic carboxylic acids is 1. The highest BCUT2D eigenvalue weighted by Gasteiger charge is 2.19. The van der Waals surface area contributed by atoms with Gasteiger partial charge in [-0.1, -0.05) is 35.9 Å². The highest BCUT2D eigenvalue weighted by Crippen LogP contribution is 2.36. The molecule has 92 valence electrons. The van der Waals surface area contributed by atoms with E-state index in [1.54, 1.807) is 24.3 Å². The van der Waals surface area contributed by atoms with Gasteiger partial charge in [0, 0.05) is 12.3 Å². The van der Waals surface area contributed by atoms with E-state index in [0.29, 0.717) is 10.8 Å². The maximum Gasteiger partial charge on any atom is 0.339 e. The van der Waals surface area contributed by atoms with E-state index in [4.69, 9.17) is 21.4 Å². The van der Waals surface area contributed by atoms with Crippen LogP contribution in [0.15, 0.2) is 30.3 Å². The molecule has 0 unspecified atom stereocenters. The number of carbonyl (C=O) groups is 2. The molecule has 0 saturated carbocycles. The lowest BCUT2D eigenvalue weighted by atomic mass is 10.1. The van der Waals surface area contributed by atoms with E-state index in [2.05, 4.69) is 0 Å². The average molecular weight is 265 g/mol. The first-order chi connectivity index (χ1) is 8.50. The van der Waals surface area contributed by atoms with Crippen LogP contribution in [-0.4, -0.2) is 17.0 Å². The number of esters is 1. The predicted molar refractivity (Wildman–Crippen MR) is 67.2 cm³/mol. The number of halogens is 1. The number of hydrogen-bond acceptors (Lipinski definition) is 3. The number of rotatable bonds is 2. The Morgan fingerprint density at radius 2 is 1.94 bits per heavy atom. The van der Waals surface area contributed by atoms with E-state index in [-0.39, 0.29) is 16.3 Å². The second-order valence-corrected chi connectivity index (χ2v) is 4.07. The van der Waals surface area contributed by atoms with Crippen LogP contribution in [0.5, 0.6) is 5.75 Å². The summed E-state index contributed by atoms with van der Waals surface area (Å²) in [6.45, 7) is 1.19. The van der Waals surface area contributed by atoms with Crippen LogP contribution in [0, 0.1) is 0 Å². The van der Waals surface area contributed by atoms with Gasteiger partial charge in [0.2, 0.25) is 0 Å². The SMILES string of the molecule is CC(=O)Oc1c(C(=O)O)cc2ccccc2c1Cl. The summed E-state index contributed by atoms with van der Waals surface area (Å²) in [6.07, 6.45) is 0. The summed E-state index contributed by atoms with van der Waals surface area (Å²) in [4.78, 5) is 22.2. The molecular weight excluding hydrogens is 256 g/mol. The Hall–Kier alpha value is -2.07. The van der Waals surface area contributed by atoms with Crippen LogP contribution < -0.4 is 4.74 Å². The molecule has 0 amide bonds. The van der Waals surface area contributed by atoms with Crippen LogP contribution >= 0.6 is 11.6 Å². The molecule has 0 fully saturated rings. The lowest BCUT2D eigenvalue weighted by Gasteiger charge is -2.10. The Balaban J connectivity index is 2.79. The molecule has 0 aromatic heterocycles. The second kappa shape index (κ2) is 4.66. The monoisotopic (exact) mass is 264 g/mol. The molecule has 0 radical (unpaired) electrons. The van der Waals surface area contributed by atoms with Crippen LogP contribution in [-0.2, 0) is 4.79 Å². The minimum atomic E-state index is -1.20. The number of benzene rings is 2. The summed E-state index contributed by atoms with van der Waals surface area (Å²) in [5, 5.41) is 10.6. The van der Waals surface area contributed by atoms with Crippen LogP contribution in [0.1, 0.15) is 17.3 Å². The van der Waals surface area contributed by atoms with Gasteiger partial charge in [-0.05, 0) is 11.5 Å². The van der Waals surface area contributed by atoms with E-state index in [9.17, 15) is 9.59 Å². The lowest BCUT2D eigenvalue weighted by molar-refractivity contribution is -0.131. The minimum Gasteiger partial charge on any atom is -0.478 e. The van der Waals surface area contributed by atoms with E-state index in [1.807, 2.05) is 0 Å². The van der Waals surface area contributed by atoms with Crippen molar-refractivity contribution in [2.75, 3.05) is 0 Å². The van der Waals surface area contributed by atoms with Gasteiger partial charge in [-0.15, -0.1) is 0 Å². The van der Waals surface area contributed by atoms with Crippen molar-refractivity contribution in [3.63, 3.8) is 0 Å². The third-order valence-corrected chi connectivity index (χ3v) is 2.79. The van der Waals surface area contributed by atoms with Gasteiger partial charge >= 0.3 is 11.9 Å². The van der Waals surface area contributed by atoms with Gasteiger partial charge in [0.15, 0.2) is 5.75 Å². The summed E-state index contributed by atoms with van der Waals surface area (Å²) >= 11 is 6.09. The van der Waals surface area contributed by atoms with E-state index >= 15 is 0 Å². The van der Waals surface area contributed by atoms with Crippen molar-refractivity contribution in [1.29, 1.82) is 0 Å². The molecule has 5 heteroatoms. The first-order valence-corrected chi connectivity index (χ1v) is 5.51. The van der Waals surface area contributed by atoms with Crippen LogP contribution in [0.3, 0.4) is 0 Å². The quantitative estimate of drug-likeness (QED) is 0.669. The maximum atomic E-state index is 11.1. The van der Waals surface area contributed by atoms with Crippen LogP contribution in [0.2, 0.25) is 5.02 Å². The standard InChI is InChI=1S/C13H9ClO4/c1-7(15)18-12-10(13(16)17)6-8-4-2-3-5-9(8)11(12)14/h2-6H,1H3,(H,16,17). The van der Waals surface area contributed by atoms with E-state index in [0.717, 1.165) is 0 Å². The van der Waals surface area contributed by atoms with Crippen molar-refractivity contribution < 1.29 is 19.4 Å². The van der Waals surface area contributed by atoms with Crippen molar-refractivity contribution in [1.82, 2.24) is 0 Å². The molecule has 0 aliphatic rings. The molecule has 0 aliphatic carbocycles. The Kier molecular flexibility index (Phi) is 3.21. The Labute approximate surface area is 108 Å². The molecule has 4 nitrogen and oxygen atoms in total. The molecule has 0 heterocycles. The second-order valence-electron chi connectivity index (χ2n) is 3.69. The van der Waals surface area contributed by atoms with Crippen molar-refractivity contribution in [2.45, 2.75) is 6.92 Å². The van der Waals surface area contributed by atoms with Crippen LogP contribution in [0.4, 0.5) is 0 Å². The highest BCUT2D eigenvalue weighted by molar-refractivity contribution is 6.37. The van der Waals surface area contributed by atoms with Gasteiger partial charge in [-0.3, -0.25) is 4.79 Å². The van der Waals surface area contributed by atoms with Gasteiger partial charge in [0.05, 0.1) is 5.02 Å². The number of carboxylic acid groups (broad SMARTS) is 1. The average Bonchev–Trinajstić information content (AvgIpc) is 2.32. The molecular formula is C13H9ClO4. The van der Waals surface area contributed by atoms with Crippen molar-refractivity contribution in [2.24, 2.45) is 0 Å². The number of carbonyl (C=O) groups excluding carboxylic acids is 1. The Morgan fingerprint density at radius 3 is 2.56 bits per heavy atom. The lowest BCUT2D eigenvalue weighted by Crippen LogP contribution is -2.08. The first kappa shape index (κ1) is 12.4. The number of carboxylic acids is 1. The normalized spacial score (nSPS) is 10.3. The Bertz CT molecular complexity index is 649. The summed E-state index contributed by atoms with van der Waals surface area (Å²) < 4.78 is 4.89. The fourth-order valence-electron chi connectivity index (χ4n) is 1.69. The van der Waals surface area contributed by atoms with E-state index in [1.165, 1.54) is 13.0 Å². The molecule has 0 spiro atoms. The molecule has 18 heavy (non-hydrogen) atoms. The molecule has 0 saturated heterocycles. The summed E-state index contributed by atoms with van der Waals surface area (Å²) in [6, 6.07) is 8.45. The molecule has 2 aromatic rings. The molecule has 2 aromatic carbocycles. The van der Waals surface area contributed by atoms with Crippen molar-refractivity contribution in [3.05, 3.63) is 40.9 Å². The molecule has 1 N–H and O–H groups in total. The number of ether oxygens (including phenoxy) is 1. The molecule has 2 rings (SSSR count). The third-order valence-electron chi connectivity index (χ3n) is 2.42. The maximum absolute atomic E-state index is 11.1. The van der Waals surface area contributed by atoms with Crippen molar-refractivity contribution >= 4 is 34.3 Å². The van der Waals surface area contributed by atoms with Gasteiger partial charge in [0.1, 0.15) is 5.56 Å². The topological polar surface area (TPSA) is 63.6 Å². The summed E-state index contributed by atoms with van der Waals surface area (Å²) in [5.41, 5.74) is -0.131. The molecule has 0 aliphatic heterocycles. The highest BCUT2D eigenvalue weighted by atomic mass is 35.5. The van der Waals surface area contributed by atoms with Crippen molar-refractivity contribution in [3.8, 4) is 5.75 Å². The predicted octanol–water partition coefficient (Wildman–Crippen LogP) is 3.12. The fourth-order valence-corrected chi connectivity index (χ4v) is 2.00. The largest absolute Gasteiger partial charge is 0.478 e. The third kappa shape index (κ3) is 2.15. The van der Waals surface area contributed by atoms with E-state index < -0.39 is 11.9 Å². The smallest absolute Gasteiger partial charge is 0.339 e. The van der Waals surface area contributed by atoms with Gasteiger partial charge in [-0.2, -0.15) is 0 Å². The summed E-state index contributed by atoms with van der Waals surface area (Å²) in [5.74, 6) is -1.93. The minimum absolute atomic E-state index is 0.115. The van der Waals surface area contributed by atoms with Gasteiger partial charge < -0.3 is 9.84 Å². The van der Waals surface area contributed by atoms with Crippen LogP contribution in [0.25, 0.3) is 10.8 Å². The zero-order chi connectivity index (χ0) is 13.3. The number of fused-ring (bicyclic) bond motifs is 1.